The van der Waals surface area contributed by atoms with E-state index in [1.165, 1.54) is 25.4 Å². The van der Waals surface area contributed by atoms with Crippen LogP contribution >= 0.6 is 0 Å². The Morgan fingerprint density at radius 2 is 1.73 bits per heavy atom. The molecule has 3 rings (SSSR count). The molecule has 0 aliphatic rings. The highest BCUT2D eigenvalue weighted by Gasteiger charge is 2.14. The Labute approximate surface area is 172 Å². The van der Waals surface area contributed by atoms with Gasteiger partial charge in [-0.1, -0.05) is 12.1 Å². The van der Waals surface area contributed by atoms with E-state index in [2.05, 4.69) is 15.0 Å². The zero-order valence-corrected chi connectivity index (χ0v) is 16.1. The highest BCUT2D eigenvalue weighted by molar-refractivity contribution is 5.75. The van der Waals surface area contributed by atoms with Gasteiger partial charge in [-0.3, -0.25) is 14.9 Å². The summed E-state index contributed by atoms with van der Waals surface area (Å²) in [6, 6.07) is 16.7. The number of hydrogen-bond acceptors (Lipinski definition) is 8. The van der Waals surface area contributed by atoms with Crippen LogP contribution in [0.3, 0.4) is 0 Å². The van der Waals surface area contributed by atoms with Crippen LogP contribution in [-0.2, 0) is 16.0 Å². The number of hydrogen-bond donors (Lipinski definition) is 2. The number of carbonyl (C=O) groups is 1. The lowest BCUT2D eigenvalue weighted by Crippen LogP contribution is -2.33. The number of esters is 1. The van der Waals surface area contributed by atoms with Crippen LogP contribution in [0.2, 0.25) is 0 Å². The number of nitrogens with two attached hydrogens (primary N) is 1. The van der Waals surface area contributed by atoms with Crippen LogP contribution in [0, 0.1) is 10.1 Å². The fraction of sp³-hybridized carbons (Fsp3) is 0.143. The Morgan fingerprint density at radius 1 is 1.10 bits per heavy atom. The van der Waals surface area contributed by atoms with E-state index in [0.29, 0.717) is 23.7 Å². The van der Waals surface area contributed by atoms with Crippen molar-refractivity contribution in [1.29, 1.82) is 0 Å². The molecule has 0 spiro atoms. The van der Waals surface area contributed by atoms with E-state index in [0.717, 1.165) is 11.3 Å². The number of anilines is 2. The lowest BCUT2D eigenvalue weighted by molar-refractivity contribution is -0.385. The molecule has 1 heterocycles. The molecule has 3 aromatic rings. The molecule has 3 N–H and O–H groups in total. The quantitative estimate of drug-likeness (QED) is 0.329. The van der Waals surface area contributed by atoms with Gasteiger partial charge >= 0.3 is 5.97 Å². The van der Waals surface area contributed by atoms with Crippen molar-refractivity contribution in [3.05, 3.63) is 82.5 Å². The first kappa shape index (κ1) is 20.7. The molecule has 0 radical (unpaired) electrons. The van der Waals surface area contributed by atoms with Crippen molar-refractivity contribution in [3.8, 4) is 11.5 Å². The second kappa shape index (κ2) is 9.48. The maximum atomic E-state index is 11.4. The smallest absolute Gasteiger partial charge is 0.322 e. The van der Waals surface area contributed by atoms with Crippen LogP contribution in [-0.4, -0.2) is 29.0 Å². The number of nitrogens with one attached hydrogen (secondary N) is 1. The van der Waals surface area contributed by atoms with Crippen molar-refractivity contribution in [3.63, 3.8) is 0 Å². The molecule has 0 aliphatic heterocycles. The molecule has 0 amide bonds. The van der Waals surface area contributed by atoms with Crippen LogP contribution in [0.25, 0.3) is 0 Å². The van der Waals surface area contributed by atoms with Crippen LogP contribution in [0.5, 0.6) is 11.5 Å². The predicted molar refractivity (Wildman–Crippen MR) is 111 cm³/mol. The Hall–Kier alpha value is -3.98. The van der Waals surface area contributed by atoms with Gasteiger partial charge in [-0.25, -0.2) is 4.98 Å². The van der Waals surface area contributed by atoms with Crippen molar-refractivity contribution in [2.24, 2.45) is 5.73 Å². The lowest BCUT2D eigenvalue weighted by Gasteiger charge is -2.11. The van der Waals surface area contributed by atoms with Gasteiger partial charge in [0, 0.05) is 11.8 Å². The molecule has 0 saturated heterocycles. The van der Waals surface area contributed by atoms with E-state index in [9.17, 15) is 14.9 Å². The fourth-order valence-electron chi connectivity index (χ4n) is 2.64. The number of carbonyl (C=O) groups excluding carboxylic acids is 1. The van der Waals surface area contributed by atoms with Crippen LogP contribution < -0.4 is 15.8 Å². The molecule has 0 fully saturated rings. The average molecular weight is 408 g/mol. The summed E-state index contributed by atoms with van der Waals surface area (Å²) in [5.74, 6) is 1.32. The van der Waals surface area contributed by atoms with Gasteiger partial charge in [-0.05, 0) is 54.4 Å². The normalized spacial score (nSPS) is 11.4. The number of nitro groups is 1. The third-order valence-electron chi connectivity index (χ3n) is 4.20. The van der Waals surface area contributed by atoms with Gasteiger partial charge in [0.15, 0.2) is 0 Å². The van der Waals surface area contributed by atoms with E-state index in [-0.39, 0.29) is 5.69 Å². The van der Waals surface area contributed by atoms with Gasteiger partial charge in [0.2, 0.25) is 0 Å². The van der Waals surface area contributed by atoms with Gasteiger partial charge < -0.3 is 20.5 Å². The maximum Gasteiger partial charge on any atom is 0.322 e. The molecule has 1 atom stereocenters. The Bertz CT molecular complexity index is 1010. The highest BCUT2D eigenvalue weighted by atomic mass is 16.6. The number of benzene rings is 2. The monoisotopic (exact) mass is 408 g/mol. The Balaban J connectivity index is 1.57. The lowest BCUT2D eigenvalue weighted by atomic mass is 10.1. The number of nitrogens with zero attached hydrogens (tertiary/aromatic N) is 2. The first-order valence-corrected chi connectivity index (χ1v) is 9.02. The van der Waals surface area contributed by atoms with Gasteiger partial charge in [0.1, 0.15) is 29.6 Å². The van der Waals surface area contributed by atoms with Gasteiger partial charge in [0.25, 0.3) is 5.69 Å². The van der Waals surface area contributed by atoms with Crippen molar-refractivity contribution >= 4 is 23.2 Å². The average Bonchev–Trinajstić information content (AvgIpc) is 2.76. The number of pyridine rings is 1. The minimum Gasteiger partial charge on any atom is -0.468 e. The second-order valence-corrected chi connectivity index (χ2v) is 6.39. The summed E-state index contributed by atoms with van der Waals surface area (Å²) in [4.78, 5) is 25.6. The standard InChI is InChI=1S/C21H20N4O5/c1-29-21(26)19(22)12-14-2-7-17(8-3-14)30-18-9-4-15(5-10-18)24-20-11-6-16(13-23-20)25(27)28/h2-11,13,19H,12,22H2,1H3,(H,23,24)/t19-/m0/s1. The van der Waals surface area contributed by atoms with E-state index < -0.39 is 16.9 Å². The minimum absolute atomic E-state index is 0.0670. The largest absolute Gasteiger partial charge is 0.468 e. The van der Waals surface area contributed by atoms with Crippen molar-refractivity contribution in [1.82, 2.24) is 4.98 Å². The van der Waals surface area contributed by atoms with E-state index in [4.69, 9.17) is 10.5 Å². The van der Waals surface area contributed by atoms with Gasteiger partial charge in [0.05, 0.1) is 12.0 Å². The number of aromatic nitrogens is 1. The third kappa shape index (κ3) is 5.52. The SMILES string of the molecule is COC(=O)[C@@H](N)Cc1ccc(Oc2ccc(Nc3ccc([N+](=O)[O-])cn3)cc2)cc1. The number of rotatable bonds is 8. The van der Waals surface area contributed by atoms with Crippen molar-refractivity contribution in [2.45, 2.75) is 12.5 Å². The predicted octanol–water partition coefficient (Wildman–Crippen LogP) is 3.57. The summed E-state index contributed by atoms with van der Waals surface area (Å²) in [7, 11) is 1.31. The molecule has 0 unspecified atom stereocenters. The number of ether oxygens (including phenoxy) is 2. The molecule has 9 nitrogen and oxygen atoms in total. The molecule has 0 bridgehead atoms. The molecule has 1 aromatic heterocycles. The van der Waals surface area contributed by atoms with Crippen LogP contribution in [0.15, 0.2) is 66.9 Å². The summed E-state index contributed by atoms with van der Waals surface area (Å²) < 4.78 is 10.4. The third-order valence-corrected chi connectivity index (χ3v) is 4.20. The molecule has 2 aromatic carbocycles. The van der Waals surface area contributed by atoms with Crippen LogP contribution in [0.4, 0.5) is 17.2 Å². The summed E-state index contributed by atoms with van der Waals surface area (Å²) in [5.41, 5.74) is 7.36. The molecule has 0 saturated carbocycles. The summed E-state index contributed by atoms with van der Waals surface area (Å²) in [5, 5.41) is 13.7. The van der Waals surface area contributed by atoms with Crippen molar-refractivity contribution in [2.75, 3.05) is 12.4 Å². The number of methoxy groups -OCH3 is 1. The second-order valence-electron chi connectivity index (χ2n) is 6.39. The molecular formula is C21H20N4O5. The molecule has 30 heavy (non-hydrogen) atoms. The summed E-state index contributed by atoms with van der Waals surface area (Å²) in [6.45, 7) is 0. The molecule has 154 valence electrons. The first-order valence-electron chi connectivity index (χ1n) is 9.02. The highest BCUT2D eigenvalue weighted by Crippen LogP contribution is 2.25. The van der Waals surface area contributed by atoms with Crippen molar-refractivity contribution < 1.29 is 19.2 Å². The van der Waals surface area contributed by atoms with E-state index in [1.54, 1.807) is 24.3 Å². The van der Waals surface area contributed by atoms with E-state index >= 15 is 0 Å². The fourth-order valence-corrected chi connectivity index (χ4v) is 2.64. The minimum atomic E-state index is -0.702. The molecule has 9 heteroatoms. The summed E-state index contributed by atoms with van der Waals surface area (Å²) >= 11 is 0. The van der Waals surface area contributed by atoms with Gasteiger partial charge in [-0.2, -0.15) is 0 Å². The van der Waals surface area contributed by atoms with Gasteiger partial charge in [-0.15, -0.1) is 0 Å². The van der Waals surface area contributed by atoms with E-state index in [1.807, 2.05) is 24.3 Å². The zero-order valence-electron chi connectivity index (χ0n) is 16.1. The Kier molecular flexibility index (Phi) is 6.56. The zero-order chi connectivity index (χ0) is 21.5. The van der Waals surface area contributed by atoms with Crippen LogP contribution in [0.1, 0.15) is 5.56 Å². The topological polar surface area (TPSA) is 130 Å². The Morgan fingerprint density at radius 3 is 2.27 bits per heavy atom. The molecule has 0 aliphatic carbocycles. The maximum absolute atomic E-state index is 11.4. The summed E-state index contributed by atoms with van der Waals surface area (Å²) in [6.07, 6.45) is 1.57. The first-order chi connectivity index (χ1) is 14.4. The molecular weight excluding hydrogens is 388 g/mol.